The van der Waals surface area contributed by atoms with E-state index in [0.717, 1.165) is 45.9 Å². The van der Waals surface area contributed by atoms with Gasteiger partial charge in [0, 0.05) is 15.6 Å². The van der Waals surface area contributed by atoms with Gasteiger partial charge in [0.1, 0.15) is 11.5 Å². The number of halogens is 1. The number of furan rings is 1. The zero-order chi connectivity index (χ0) is 17.0. The van der Waals surface area contributed by atoms with E-state index in [1.165, 1.54) is 44.1 Å². The molecule has 4 fully saturated rings. The van der Waals surface area contributed by atoms with Crippen molar-refractivity contribution in [3.05, 3.63) is 46.1 Å². The molecule has 1 N–H and O–H groups in total. The fraction of sp³-hybridized carbons (Fsp3) is 0.545. The molecule has 4 bridgehead atoms. The Labute approximate surface area is 158 Å². The Morgan fingerprint density at radius 2 is 1.72 bits per heavy atom. The maximum absolute atomic E-state index is 6.15. The van der Waals surface area contributed by atoms with E-state index in [0.29, 0.717) is 5.54 Å². The lowest BCUT2D eigenvalue weighted by atomic mass is 9.53. The molecule has 4 saturated carbocycles. The van der Waals surface area contributed by atoms with Crippen molar-refractivity contribution in [2.75, 3.05) is 0 Å². The van der Waals surface area contributed by atoms with Gasteiger partial charge in [-0.25, -0.2) is 0 Å². The Hall–Kier alpha value is -1.06. The molecule has 4 aliphatic carbocycles. The van der Waals surface area contributed by atoms with Crippen molar-refractivity contribution in [3.8, 4) is 11.3 Å². The third kappa shape index (κ3) is 3.00. The molecule has 3 heteroatoms. The van der Waals surface area contributed by atoms with Crippen LogP contribution in [-0.4, -0.2) is 5.54 Å². The quantitative estimate of drug-likeness (QED) is 0.673. The van der Waals surface area contributed by atoms with E-state index in [4.69, 9.17) is 4.42 Å². The van der Waals surface area contributed by atoms with Crippen LogP contribution in [0, 0.1) is 24.7 Å². The molecule has 2 aromatic rings. The smallest absolute Gasteiger partial charge is 0.134 e. The van der Waals surface area contributed by atoms with E-state index in [-0.39, 0.29) is 0 Å². The minimum Gasteiger partial charge on any atom is -0.460 e. The second-order valence-electron chi connectivity index (χ2n) is 8.78. The molecule has 2 nitrogen and oxygen atoms in total. The topological polar surface area (TPSA) is 25.2 Å². The molecule has 132 valence electrons. The highest BCUT2D eigenvalue weighted by Gasteiger charge is 2.50. The average molecular weight is 400 g/mol. The maximum Gasteiger partial charge on any atom is 0.134 e. The van der Waals surface area contributed by atoms with Gasteiger partial charge in [0.05, 0.1) is 6.54 Å². The van der Waals surface area contributed by atoms with Crippen LogP contribution in [0.5, 0.6) is 0 Å². The van der Waals surface area contributed by atoms with Gasteiger partial charge in [-0.3, -0.25) is 0 Å². The van der Waals surface area contributed by atoms with Crippen molar-refractivity contribution in [1.82, 2.24) is 5.32 Å². The van der Waals surface area contributed by atoms with Gasteiger partial charge in [-0.2, -0.15) is 0 Å². The minimum absolute atomic E-state index is 0.399. The van der Waals surface area contributed by atoms with Crippen LogP contribution in [0.25, 0.3) is 11.3 Å². The molecule has 0 spiro atoms. The first-order valence-corrected chi connectivity index (χ1v) is 10.5. The summed E-state index contributed by atoms with van der Waals surface area (Å²) in [4.78, 5) is 0. The van der Waals surface area contributed by atoms with Crippen LogP contribution in [0.3, 0.4) is 0 Å². The first-order valence-electron chi connectivity index (χ1n) is 9.69. The van der Waals surface area contributed by atoms with Crippen molar-refractivity contribution < 1.29 is 4.42 Å². The lowest BCUT2D eigenvalue weighted by Gasteiger charge is -2.57. The van der Waals surface area contributed by atoms with E-state index in [1.54, 1.807) is 0 Å². The third-order valence-corrected chi connectivity index (χ3v) is 7.67. The second-order valence-corrected chi connectivity index (χ2v) is 9.64. The molecular weight excluding hydrogens is 374 g/mol. The van der Waals surface area contributed by atoms with Crippen molar-refractivity contribution in [1.29, 1.82) is 0 Å². The molecule has 0 atom stereocenters. The fourth-order valence-corrected chi connectivity index (χ4v) is 6.27. The molecule has 25 heavy (non-hydrogen) atoms. The number of hydrogen-bond donors (Lipinski definition) is 1. The van der Waals surface area contributed by atoms with Gasteiger partial charge in [0.15, 0.2) is 0 Å². The van der Waals surface area contributed by atoms with E-state index in [1.807, 2.05) is 0 Å². The molecule has 0 radical (unpaired) electrons. The third-order valence-electron chi connectivity index (χ3n) is 6.78. The zero-order valence-electron chi connectivity index (χ0n) is 14.9. The Balaban J connectivity index is 1.29. The molecule has 0 amide bonds. The minimum atomic E-state index is 0.399. The van der Waals surface area contributed by atoms with Gasteiger partial charge in [0.25, 0.3) is 0 Å². The lowest BCUT2D eigenvalue weighted by Crippen LogP contribution is -2.58. The van der Waals surface area contributed by atoms with Crippen LogP contribution in [-0.2, 0) is 6.54 Å². The number of benzene rings is 1. The predicted octanol–water partition coefficient (Wildman–Crippen LogP) is 6.08. The van der Waals surface area contributed by atoms with Gasteiger partial charge in [-0.05, 0) is 93.0 Å². The van der Waals surface area contributed by atoms with Crippen LogP contribution < -0.4 is 5.32 Å². The van der Waals surface area contributed by atoms with E-state index in [2.05, 4.69) is 58.5 Å². The molecule has 1 aromatic carbocycles. The van der Waals surface area contributed by atoms with Crippen molar-refractivity contribution in [2.45, 2.75) is 57.5 Å². The average Bonchev–Trinajstić information content (AvgIpc) is 3.03. The summed E-state index contributed by atoms with van der Waals surface area (Å²) in [5, 5.41) is 3.93. The lowest BCUT2D eigenvalue weighted by molar-refractivity contribution is -0.0213. The van der Waals surface area contributed by atoms with Crippen LogP contribution in [0.1, 0.15) is 49.8 Å². The molecule has 1 heterocycles. The van der Waals surface area contributed by atoms with Crippen LogP contribution >= 0.6 is 15.9 Å². The monoisotopic (exact) mass is 399 g/mol. The molecule has 0 unspecified atom stereocenters. The van der Waals surface area contributed by atoms with E-state index in [9.17, 15) is 0 Å². The van der Waals surface area contributed by atoms with E-state index >= 15 is 0 Å². The molecule has 0 aliphatic heterocycles. The largest absolute Gasteiger partial charge is 0.460 e. The highest BCUT2D eigenvalue weighted by atomic mass is 79.9. The zero-order valence-corrected chi connectivity index (χ0v) is 16.4. The number of nitrogens with one attached hydrogen (secondary N) is 1. The summed E-state index contributed by atoms with van der Waals surface area (Å²) in [5.41, 5.74) is 2.79. The second kappa shape index (κ2) is 5.99. The van der Waals surface area contributed by atoms with Crippen LogP contribution in [0.4, 0.5) is 0 Å². The first kappa shape index (κ1) is 16.1. The summed E-state index contributed by atoms with van der Waals surface area (Å²) < 4.78 is 7.30. The van der Waals surface area contributed by atoms with Crippen LogP contribution in [0.2, 0.25) is 0 Å². The van der Waals surface area contributed by atoms with Crippen LogP contribution in [0.15, 0.2) is 39.2 Å². The molecule has 1 aromatic heterocycles. The van der Waals surface area contributed by atoms with Gasteiger partial charge in [-0.1, -0.05) is 22.0 Å². The molecular formula is C22H26BrNO. The number of rotatable bonds is 4. The van der Waals surface area contributed by atoms with Gasteiger partial charge >= 0.3 is 0 Å². The summed E-state index contributed by atoms with van der Waals surface area (Å²) in [6.07, 6.45) is 8.65. The summed E-state index contributed by atoms with van der Waals surface area (Å²) in [5.74, 6) is 4.98. The summed E-state index contributed by atoms with van der Waals surface area (Å²) >= 11 is 3.57. The van der Waals surface area contributed by atoms with Gasteiger partial charge in [0.2, 0.25) is 0 Å². The summed E-state index contributed by atoms with van der Waals surface area (Å²) in [7, 11) is 0. The first-order chi connectivity index (χ1) is 12.1. The highest BCUT2D eigenvalue weighted by Crippen LogP contribution is 2.55. The normalized spacial score (nSPS) is 33.1. The maximum atomic E-state index is 6.15. The Morgan fingerprint density at radius 1 is 1.04 bits per heavy atom. The summed E-state index contributed by atoms with van der Waals surface area (Å²) in [6.45, 7) is 2.98. The highest BCUT2D eigenvalue weighted by molar-refractivity contribution is 9.10. The predicted molar refractivity (Wildman–Crippen MR) is 104 cm³/mol. The van der Waals surface area contributed by atoms with Gasteiger partial charge < -0.3 is 9.73 Å². The van der Waals surface area contributed by atoms with E-state index < -0.39 is 0 Å². The molecule has 6 rings (SSSR count). The number of hydrogen-bond acceptors (Lipinski definition) is 2. The van der Waals surface area contributed by atoms with Gasteiger partial charge in [-0.15, -0.1) is 0 Å². The SMILES string of the molecule is Cc1cc(-c2ccc(CNC34CC5CC(CC(C5)C3)C4)o2)ccc1Br. The molecule has 4 aliphatic rings. The summed E-state index contributed by atoms with van der Waals surface area (Å²) in [6, 6.07) is 10.6. The van der Waals surface area contributed by atoms with Crippen molar-refractivity contribution in [2.24, 2.45) is 17.8 Å². The molecule has 0 saturated heterocycles. The van der Waals surface area contributed by atoms with Crippen molar-refractivity contribution >= 4 is 15.9 Å². The number of aryl methyl sites for hydroxylation is 1. The Morgan fingerprint density at radius 3 is 2.36 bits per heavy atom. The van der Waals surface area contributed by atoms with Crippen molar-refractivity contribution in [3.63, 3.8) is 0 Å². The standard InChI is InChI=1S/C22H26BrNO/c1-14-6-18(2-4-20(14)23)21-5-3-19(25-21)13-24-22-10-15-7-16(11-22)9-17(8-15)12-22/h2-6,15-17,24H,7-13H2,1H3. The Bertz CT molecular complexity index is 758. The Kier molecular flexibility index (Phi) is 3.87. The fourth-order valence-electron chi connectivity index (χ4n) is 6.03.